The number of H-pyrrole nitrogens is 1. The first-order valence-corrected chi connectivity index (χ1v) is 6.35. The lowest BCUT2D eigenvalue weighted by Gasteiger charge is -2.35. The second-order valence-electron chi connectivity index (χ2n) is 5.70. The van der Waals surface area contributed by atoms with E-state index in [2.05, 4.69) is 9.97 Å². The van der Waals surface area contributed by atoms with Crippen molar-refractivity contribution in [2.24, 2.45) is 0 Å². The highest BCUT2D eigenvalue weighted by molar-refractivity contribution is 5.69. The topological polar surface area (TPSA) is 75.3 Å². The molecular formula is C13H19N3O3. The number of rotatable bonds is 0. The van der Waals surface area contributed by atoms with Gasteiger partial charge in [-0.2, -0.15) is 0 Å². The number of aromatic nitrogens is 2. The predicted molar refractivity (Wildman–Crippen MR) is 69.9 cm³/mol. The first-order valence-electron chi connectivity index (χ1n) is 6.35. The minimum Gasteiger partial charge on any atom is -0.444 e. The number of fused-ring (bicyclic) bond motifs is 1. The van der Waals surface area contributed by atoms with Gasteiger partial charge in [-0.1, -0.05) is 0 Å². The van der Waals surface area contributed by atoms with Crippen molar-refractivity contribution in [1.29, 1.82) is 0 Å². The first kappa shape index (κ1) is 13.6. The van der Waals surface area contributed by atoms with Crippen LogP contribution in [-0.4, -0.2) is 33.1 Å². The van der Waals surface area contributed by atoms with Crippen molar-refractivity contribution in [3.63, 3.8) is 0 Å². The smallest absolute Gasteiger partial charge is 0.410 e. The van der Waals surface area contributed by atoms with E-state index in [0.717, 1.165) is 0 Å². The van der Waals surface area contributed by atoms with Crippen LogP contribution in [0.4, 0.5) is 4.79 Å². The monoisotopic (exact) mass is 265 g/mol. The lowest BCUT2D eigenvalue weighted by Crippen LogP contribution is -2.44. The zero-order valence-corrected chi connectivity index (χ0v) is 11.7. The molecule has 2 rings (SSSR count). The molecule has 0 aromatic carbocycles. The molecule has 1 N–H and O–H groups in total. The largest absolute Gasteiger partial charge is 0.444 e. The Hall–Kier alpha value is -1.85. The van der Waals surface area contributed by atoms with Crippen LogP contribution in [-0.2, 0) is 11.2 Å². The molecule has 104 valence electrons. The van der Waals surface area contributed by atoms with Crippen LogP contribution in [0.1, 0.15) is 45.0 Å². The zero-order valence-electron chi connectivity index (χ0n) is 11.7. The number of amides is 1. The third-order valence-electron chi connectivity index (χ3n) is 3.08. The average molecular weight is 265 g/mol. The first-order chi connectivity index (χ1) is 8.79. The molecule has 1 aromatic rings. The number of nitrogens with zero attached hydrogens (tertiary/aromatic N) is 2. The summed E-state index contributed by atoms with van der Waals surface area (Å²) in [6.07, 6.45) is 1.51. The highest BCUT2D eigenvalue weighted by atomic mass is 16.6. The molecule has 0 saturated carbocycles. The van der Waals surface area contributed by atoms with E-state index in [1.807, 2.05) is 27.7 Å². The van der Waals surface area contributed by atoms with Crippen LogP contribution in [0.3, 0.4) is 0 Å². The van der Waals surface area contributed by atoms with Crippen LogP contribution < -0.4 is 5.56 Å². The molecule has 1 amide bonds. The van der Waals surface area contributed by atoms with E-state index in [-0.39, 0.29) is 17.7 Å². The van der Waals surface area contributed by atoms with Gasteiger partial charge in [-0.15, -0.1) is 0 Å². The van der Waals surface area contributed by atoms with Crippen molar-refractivity contribution in [3.8, 4) is 0 Å². The van der Waals surface area contributed by atoms with E-state index in [9.17, 15) is 9.59 Å². The summed E-state index contributed by atoms with van der Waals surface area (Å²) in [5.41, 5.74) is 0.662. The molecule has 6 nitrogen and oxygen atoms in total. The van der Waals surface area contributed by atoms with Crippen molar-refractivity contribution in [2.45, 2.75) is 45.8 Å². The summed E-state index contributed by atoms with van der Waals surface area (Å²) in [4.78, 5) is 32.2. The Bertz CT molecular complexity index is 545. The molecule has 0 saturated heterocycles. The minimum atomic E-state index is -0.529. The van der Waals surface area contributed by atoms with Crippen molar-refractivity contribution in [3.05, 3.63) is 27.9 Å². The maximum absolute atomic E-state index is 12.1. The molecule has 0 bridgehead atoms. The molecule has 1 aliphatic rings. The highest BCUT2D eigenvalue weighted by Crippen LogP contribution is 2.26. The molecule has 19 heavy (non-hydrogen) atoms. The summed E-state index contributed by atoms with van der Waals surface area (Å²) in [6.45, 7) is 7.81. The number of aromatic amines is 1. The summed E-state index contributed by atoms with van der Waals surface area (Å²) in [7, 11) is 0. The molecule has 0 spiro atoms. The summed E-state index contributed by atoms with van der Waals surface area (Å²) in [5.74, 6) is 0. The maximum atomic E-state index is 12.1. The molecule has 1 aromatic heterocycles. The van der Waals surface area contributed by atoms with E-state index < -0.39 is 5.60 Å². The fraction of sp³-hybridized carbons (Fsp3) is 0.615. The average Bonchev–Trinajstić information content (AvgIpc) is 2.28. The SMILES string of the molecule is C[C@@H]1c2nc[nH]c(=O)c2CCN1C(=O)OC(C)(C)C. The normalized spacial score (nSPS) is 18.9. The Morgan fingerprint density at radius 1 is 1.53 bits per heavy atom. The fourth-order valence-corrected chi connectivity index (χ4v) is 2.19. The number of carbonyl (C=O) groups excluding carboxylic acids is 1. The fourth-order valence-electron chi connectivity index (χ4n) is 2.19. The zero-order chi connectivity index (χ0) is 14.2. The maximum Gasteiger partial charge on any atom is 0.410 e. The van der Waals surface area contributed by atoms with Gasteiger partial charge in [0.15, 0.2) is 0 Å². The van der Waals surface area contributed by atoms with E-state index in [0.29, 0.717) is 24.2 Å². The molecule has 6 heteroatoms. The van der Waals surface area contributed by atoms with Crippen LogP contribution in [0, 0.1) is 0 Å². The number of ether oxygens (including phenoxy) is 1. The van der Waals surface area contributed by atoms with Crippen LogP contribution in [0.25, 0.3) is 0 Å². The summed E-state index contributed by atoms with van der Waals surface area (Å²) in [6, 6.07) is -0.249. The summed E-state index contributed by atoms with van der Waals surface area (Å²) in [5, 5.41) is 0. The van der Waals surface area contributed by atoms with Gasteiger partial charge < -0.3 is 9.72 Å². The molecule has 2 heterocycles. The van der Waals surface area contributed by atoms with Gasteiger partial charge in [0.25, 0.3) is 5.56 Å². The minimum absolute atomic E-state index is 0.124. The second kappa shape index (κ2) is 4.68. The summed E-state index contributed by atoms with van der Waals surface area (Å²) >= 11 is 0. The Morgan fingerprint density at radius 2 is 2.21 bits per heavy atom. The lowest BCUT2D eigenvalue weighted by atomic mass is 10.0. The van der Waals surface area contributed by atoms with Gasteiger partial charge in [-0.25, -0.2) is 9.78 Å². The molecule has 0 fully saturated rings. The Balaban J connectivity index is 2.25. The van der Waals surface area contributed by atoms with Crippen LogP contribution in [0.15, 0.2) is 11.1 Å². The van der Waals surface area contributed by atoms with Crippen LogP contribution in [0.5, 0.6) is 0 Å². The Morgan fingerprint density at radius 3 is 2.84 bits per heavy atom. The van der Waals surface area contributed by atoms with Gasteiger partial charge in [0.2, 0.25) is 0 Å². The lowest BCUT2D eigenvalue weighted by molar-refractivity contribution is 0.0154. The van der Waals surface area contributed by atoms with Crippen molar-refractivity contribution < 1.29 is 9.53 Å². The van der Waals surface area contributed by atoms with Gasteiger partial charge in [0.1, 0.15) is 5.60 Å². The van der Waals surface area contributed by atoms with Gasteiger partial charge in [-0.05, 0) is 34.1 Å². The van der Waals surface area contributed by atoms with E-state index in [1.165, 1.54) is 6.33 Å². The van der Waals surface area contributed by atoms with Gasteiger partial charge in [0, 0.05) is 12.1 Å². The van der Waals surface area contributed by atoms with E-state index in [4.69, 9.17) is 4.74 Å². The Kier molecular flexibility index (Phi) is 3.34. The quantitative estimate of drug-likeness (QED) is 0.773. The van der Waals surface area contributed by atoms with Gasteiger partial charge in [-0.3, -0.25) is 9.69 Å². The third-order valence-corrected chi connectivity index (χ3v) is 3.08. The molecule has 1 atom stereocenters. The van der Waals surface area contributed by atoms with Gasteiger partial charge in [0.05, 0.1) is 18.1 Å². The standard InChI is InChI=1S/C13H19N3O3/c1-8-10-9(11(17)15-7-14-10)5-6-16(8)12(18)19-13(2,3)4/h7-8H,5-6H2,1-4H3,(H,14,15,17)/t8-/m1/s1. The number of hydrogen-bond acceptors (Lipinski definition) is 4. The van der Waals surface area contributed by atoms with E-state index >= 15 is 0 Å². The van der Waals surface area contributed by atoms with Crippen LogP contribution >= 0.6 is 0 Å². The van der Waals surface area contributed by atoms with Gasteiger partial charge >= 0.3 is 6.09 Å². The number of nitrogens with one attached hydrogen (secondary N) is 1. The third kappa shape index (κ3) is 2.77. The second-order valence-corrected chi connectivity index (χ2v) is 5.70. The Labute approximate surface area is 111 Å². The number of carbonyl (C=O) groups is 1. The molecule has 0 aliphatic carbocycles. The molecule has 1 aliphatic heterocycles. The molecular weight excluding hydrogens is 246 g/mol. The van der Waals surface area contributed by atoms with Crippen molar-refractivity contribution >= 4 is 6.09 Å². The summed E-state index contributed by atoms with van der Waals surface area (Å²) < 4.78 is 5.37. The molecule has 0 radical (unpaired) electrons. The van der Waals surface area contributed by atoms with Crippen molar-refractivity contribution in [1.82, 2.24) is 14.9 Å². The highest BCUT2D eigenvalue weighted by Gasteiger charge is 2.32. The molecule has 0 unspecified atom stereocenters. The van der Waals surface area contributed by atoms with Crippen molar-refractivity contribution in [2.75, 3.05) is 6.54 Å². The predicted octanol–water partition coefficient (Wildman–Crippen LogP) is 1.62. The van der Waals surface area contributed by atoms with E-state index in [1.54, 1.807) is 4.90 Å². The van der Waals surface area contributed by atoms with Crippen LogP contribution in [0.2, 0.25) is 0 Å². The number of hydrogen-bond donors (Lipinski definition) is 1.